The minimum absolute atomic E-state index is 0.189. The summed E-state index contributed by atoms with van der Waals surface area (Å²) in [4.78, 5) is 16.7. The SMILES string of the molecule is O=CCN1CCCC2(CC1)CCN(c1cc(F)c(C3c4ccc(OCc5ccccc5)cc4CCN3CC(F)F)c(F)c1)CC2. The summed E-state index contributed by atoms with van der Waals surface area (Å²) in [5.74, 6) is -0.806. The lowest BCUT2D eigenvalue weighted by molar-refractivity contribution is -0.108. The Kier molecular flexibility index (Phi) is 9.75. The lowest BCUT2D eigenvalue weighted by atomic mass is 9.73. The fraction of sp³-hybridized carbons (Fsp3) is 0.472. The van der Waals surface area contributed by atoms with Crippen LogP contribution in [-0.4, -0.2) is 68.3 Å². The van der Waals surface area contributed by atoms with E-state index in [2.05, 4.69) is 4.90 Å². The molecule has 3 heterocycles. The third-order valence-corrected chi connectivity index (χ3v) is 10.1. The van der Waals surface area contributed by atoms with E-state index in [4.69, 9.17) is 4.74 Å². The van der Waals surface area contributed by atoms with Crippen molar-refractivity contribution >= 4 is 12.0 Å². The molecular weight excluding hydrogens is 582 g/mol. The Hall–Kier alpha value is -3.43. The number of benzene rings is 3. The maximum Gasteiger partial charge on any atom is 0.251 e. The quantitative estimate of drug-likeness (QED) is 0.189. The molecule has 240 valence electrons. The molecule has 0 amide bonds. The number of hydrogen-bond donors (Lipinski definition) is 0. The fourth-order valence-corrected chi connectivity index (χ4v) is 7.55. The highest BCUT2D eigenvalue weighted by atomic mass is 19.3. The molecule has 3 aromatic carbocycles. The van der Waals surface area contributed by atoms with Gasteiger partial charge in [-0.3, -0.25) is 9.80 Å². The average Bonchev–Trinajstić information content (AvgIpc) is 3.23. The summed E-state index contributed by atoms with van der Waals surface area (Å²) in [6, 6.07) is 16.9. The summed E-state index contributed by atoms with van der Waals surface area (Å²) in [6.45, 7) is 3.74. The lowest BCUT2D eigenvalue weighted by Crippen LogP contribution is -2.41. The number of piperidine rings is 1. The molecule has 3 aliphatic rings. The lowest BCUT2D eigenvalue weighted by Gasteiger charge is -2.43. The number of nitrogens with zero attached hydrogens (tertiary/aromatic N) is 3. The predicted molar refractivity (Wildman–Crippen MR) is 167 cm³/mol. The number of fused-ring (bicyclic) bond motifs is 1. The molecule has 0 bridgehead atoms. The molecule has 0 N–H and O–H groups in total. The van der Waals surface area contributed by atoms with Crippen molar-refractivity contribution in [2.45, 2.75) is 57.6 Å². The van der Waals surface area contributed by atoms with E-state index in [-0.39, 0.29) is 17.5 Å². The number of anilines is 1. The zero-order chi connectivity index (χ0) is 31.4. The van der Waals surface area contributed by atoms with Crippen LogP contribution in [0.4, 0.5) is 23.2 Å². The maximum absolute atomic E-state index is 16.0. The molecule has 0 aromatic heterocycles. The Morgan fingerprint density at radius 2 is 1.62 bits per heavy atom. The second-order valence-electron chi connectivity index (χ2n) is 12.8. The van der Waals surface area contributed by atoms with E-state index in [1.807, 2.05) is 41.3 Å². The van der Waals surface area contributed by atoms with Gasteiger partial charge in [0.25, 0.3) is 6.43 Å². The van der Waals surface area contributed by atoms with Crippen LogP contribution in [0.2, 0.25) is 0 Å². The van der Waals surface area contributed by atoms with E-state index in [1.165, 1.54) is 17.0 Å². The van der Waals surface area contributed by atoms with Crippen molar-refractivity contribution in [1.82, 2.24) is 9.80 Å². The minimum Gasteiger partial charge on any atom is -0.489 e. The summed E-state index contributed by atoms with van der Waals surface area (Å²) in [6.07, 6.45) is 3.83. The number of alkyl halides is 2. The van der Waals surface area contributed by atoms with Gasteiger partial charge in [-0.2, -0.15) is 0 Å². The highest BCUT2D eigenvalue weighted by molar-refractivity contribution is 5.53. The Morgan fingerprint density at radius 1 is 0.889 bits per heavy atom. The average molecular weight is 624 g/mol. The van der Waals surface area contributed by atoms with Gasteiger partial charge in [-0.25, -0.2) is 17.6 Å². The second kappa shape index (κ2) is 13.9. The van der Waals surface area contributed by atoms with Gasteiger partial charge in [0.05, 0.1) is 19.1 Å². The van der Waals surface area contributed by atoms with Crippen molar-refractivity contribution in [3.8, 4) is 5.75 Å². The zero-order valence-electron chi connectivity index (χ0n) is 25.6. The van der Waals surface area contributed by atoms with Crippen LogP contribution in [-0.2, 0) is 17.8 Å². The molecule has 1 spiro atoms. The Morgan fingerprint density at radius 3 is 2.33 bits per heavy atom. The van der Waals surface area contributed by atoms with E-state index in [0.717, 1.165) is 62.6 Å². The largest absolute Gasteiger partial charge is 0.489 e. The van der Waals surface area contributed by atoms with Gasteiger partial charge in [-0.15, -0.1) is 0 Å². The highest BCUT2D eigenvalue weighted by Crippen LogP contribution is 2.44. The van der Waals surface area contributed by atoms with Crippen LogP contribution in [0, 0.1) is 17.0 Å². The number of rotatable bonds is 9. The first kappa shape index (κ1) is 31.5. The molecule has 3 aliphatic heterocycles. The Bertz CT molecular complexity index is 1440. The van der Waals surface area contributed by atoms with Crippen LogP contribution in [0.5, 0.6) is 5.75 Å². The number of carbonyl (C=O) groups is 1. The molecule has 0 saturated carbocycles. The first-order chi connectivity index (χ1) is 21.8. The molecule has 6 rings (SSSR count). The summed E-state index contributed by atoms with van der Waals surface area (Å²) in [5, 5.41) is 0. The molecule has 1 unspecified atom stereocenters. The highest BCUT2D eigenvalue weighted by Gasteiger charge is 2.38. The molecular formula is C36H41F4N3O2. The van der Waals surface area contributed by atoms with E-state index in [0.29, 0.717) is 49.7 Å². The van der Waals surface area contributed by atoms with Gasteiger partial charge in [0, 0.05) is 30.9 Å². The van der Waals surface area contributed by atoms with E-state index in [1.54, 1.807) is 12.1 Å². The topological polar surface area (TPSA) is 36.0 Å². The van der Waals surface area contributed by atoms with Gasteiger partial charge in [0.1, 0.15) is 30.3 Å². The molecule has 0 aliphatic carbocycles. The van der Waals surface area contributed by atoms with Crippen molar-refractivity contribution in [3.05, 3.63) is 94.6 Å². The molecule has 9 heteroatoms. The molecule has 2 fully saturated rings. The van der Waals surface area contributed by atoms with Crippen molar-refractivity contribution in [2.75, 3.05) is 50.7 Å². The molecule has 3 aromatic rings. The third-order valence-electron chi connectivity index (χ3n) is 10.1. The normalized spacial score (nSPS) is 20.6. The molecule has 45 heavy (non-hydrogen) atoms. The minimum atomic E-state index is -2.64. The first-order valence-electron chi connectivity index (χ1n) is 16.1. The summed E-state index contributed by atoms with van der Waals surface area (Å²) in [7, 11) is 0. The van der Waals surface area contributed by atoms with Crippen molar-refractivity contribution < 1.29 is 27.1 Å². The number of halogens is 4. The summed E-state index contributed by atoms with van der Waals surface area (Å²) in [5.41, 5.74) is 2.97. The van der Waals surface area contributed by atoms with Gasteiger partial charge < -0.3 is 14.4 Å². The number of ether oxygens (including phenoxy) is 1. The maximum atomic E-state index is 16.0. The standard InChI is InChI=1S/C36H41F4N3O2/c37-31-22-28(42-17-12-36(13-18-42)10-4-14-41(16-11-36)19-20-44)23-32(38)34(31)35-30-8-7-29(45-25-26-5-2-1-3-6-26)21-27(30)9-15-43(35)24-33(39)40/h1-3,5-8,20-23,33,35H,4,9-19,24-25H2. The molecule has 5 nitrogen and oxygen atoms in total. The van der Waals surface area contributed by atoms with Crippen molar-refractivity contribution in [3.63, 3.8) is 0 Å². The smallest absolute Gasteiger partial charge is 0.251 e. The van der Waals surface area contributed by atoms with Crippen LogP contribution in [0.1, 0.15) is 60.4 Å². The van der Waals surface area contributed by atoms with Crippen LogP contribution in [0.15, 0.2) is 60.7 Å². The third kappa shape index (κ3) is 7.20. The van der Waals surface area contributed by atoms with Gasteiger partial charge in [0.15, 0.2) is 0 Å². The predicted octanol–water partition coefficient (Wildman–Crippen LogP) is 7.03. The monoisotopic (exact) mass is 623 g/mol. The van der Waals surface area contributed by atoms with Gasteiger partial charge in [0.2, 0.25) is 0 Å². The number of aldehydes is 1. The van der Waals surface area contributed by atoms with E-state index in [9.17, 15) is 13.6 Å². The molecule has 0 radical (unpaired) electrons. The van der Waals surface area contributed by atoms with E-state index >= 15 is 8.78 Å². The number of likely N-dealkylation sites (tertiary alicyclic amines) is 1. The number of hydrogen-bond acceptors (Lipinski definition) is 5. The van der Waals surface area contributed by atoms with Crippen LogP contribution >= 0.6 is 0 Å². The zero-order valence-corrected chi connectivity index (χ0v) is 25.6. The van der Waals surface area contributed by atoms with Crippen molar-refractivity contribution in [1.29, 1.82) is 0 Å². The molecule has 1 atom stereocenters. The summed E-state index contributed by atoms with van der Waals surface area (Å²) >= 11 is 0. The fourth-order valence-electron chi connectivity index (χ4n) is 7.55. The molecule has 2 saturated heterocycles. The van der Waals surface area contributed by atoms with Crippen molar-refractivity contribution in [2.24, 2.45) is 5.41 Å². The van der Waals surface area contributed by atoms with E-state index < -0.39 is 30.6 Å². The van der Waals surface area contributed by atoms with Gasteiger partial charge in [-0.1, -0.05) is 36.4 Å². The van der Waals surface area contributed by atoms with Gasteiger partial charge >= 0.3 is 0 Å². The first-order valence-corrected chi connectivity index (χ1v) is 16.1. The van der Waals surface area contributed by atoms with Crippen LogP contribution in [0.3, 0.4) is 0 Å². The Balaban J connectivity index is 1.21. The second-order valence-corrected chi connectivity index (χ2v) is 12.8. The number of carbonyl (C=O) groups excluding carboxylic acids is 1. The van der Waals surface area contributed by atoms with Crippen LogP contribution < -0.4 is 9.64 Å². The van der Waals surface area contributed by atoms with Gasteiger partial charge in [-0.05, 0) is 98.0 Å². The summed E-state index contributed by atoms with van der Waals surface area (Å²) < 4.78 is 65.4. The Labute approximate surface area is 262 Å². The van der Waals surface area contributed by atoms with Crippen LogP contribution in [0.25, 0.3) is 0 Å².